The predicted molar refractivity (Wildman–Crippen MR) is 126 cm³/mol. The number of thiazole rings is 1. The Morgan fingerprint density at radius 2 is 2.19 bits per heavy atom. The quantitative estimate of drug-likeness (QED) is 0.437. The van der Waals surface area contributed by atoms with Crippen molar-refractivity contribution in [2.24, 2.45) is 0 Å². The van der Waals surface area contributed by atoms with Crippen LogP contribution in [-0.2, 0) is 4.79 Å². The smallest absolute Gasteiger partial charge is 0.248 e. The van der Waals surface area contributed by atoms with Gasteiger partial charge in [-0.2, -0.15) is 0 Å². The molecule has 0 bridgehead atoms. The SMILES string of the molecule is COc1ccc(-c2csc(NC(=O)C3CCCN3c3ncnc4sccc34)n2)cc1Cl. The molecule has 0 aliphatic carbocycles. The van der Waals surface area contributed by atoms with E-state index in [-0.39, 0.29) is 11.9 Å². The normalized spacial score (nSPS) is 16.1. The molecule has 0 spiro atoms. The van der Waals surface area contributed by atoms with Crippen molar-refractivity contribution in [3.8, 4) is 17.0 Å². The molecule has 1 aliphatic heterocycles. The number of methoxy groups -OCH3 is 1. The van der Waals surface area contributed by atoms with Crippen LogP contribution in [0, 0.1) is 0 Å². The van der Waals surface area contributed by atoms with Crippen molar-refractivity contribution in [1.29, 1.82) is 0 Å². The van der Waals surface area contributed by atoms with Crippen LogP contribution in [0.1, 0.15) is 12.8 Å². The number of carbonyl (C=O) groups is 1. The van der Waals surface area contributed by atoms with Gasteiger partial charge < -0.3 is 15.0 Å². The molecular weight excluding hydrogens is 454 g/mol. The Hall–Kier alpha value is -2.75. The summed E-state index contributed by atoms with van der Waals surface area (Å²) < 4.78 is 5.20. The first-order valence-corrected chi connectivity index (χ1v) is 11.8. The Morgan fingerprint density at radius 3 is 3.03 bits per heavy atom. The molecule has 4 aromatic rings. The lowest BCUT2D eigenvalue weighted by Gasteiger charge is -2.24. The first-order chi connectivity index (χ1) is 15.1. The van der Waals surface area contributed by atoms with Crippen LogP contribution in [0.25, 0.3) is 21.5 Å². The predicted octanol–water partition coefficient (Wildman–Crippen LogP) is 5.08. The van der Waals surface area contributed by atoms with Gasteiger partial charge in [0.15, 0.2) is 5.13 Å². The van der Waals surface area contributed by atoms with Crippen molar-refractivity contribution in [3.63, 3.8) is 0 Å². The zero-order chi connectivity index (χ0) is 21.4. The van der Waals surface area contributed by atoms with E-state index >= 15 is 0 Å². The van der Waals surface area contributed by atoms with Crippen LogP contribution in [0.4, 0.5) is 10.9 Å². The maximum Gasteiger partial charge on any atom is 0.248 e. The number of benzene rings is 1. The fourth-order valence-electron chi connectivity index (χ4n) is 3.78. The summed E-state index contributed by atoms with van der Waals surface area (Å²) in [5.41, 5.74) is 1.62. The van der Waals surface area contributed by atoms with Gasteiger partial charge in [-0.3, -0.25) is 4.79 Å². The molecule has 0 saturated carbocycles. The van der Waals surface area contributed by atoms with Crippen molar-refractivity contribution >= 4 is 61.3 Å². The fourth-order valence-corrected chi connectivity index (χ4v) is 5.48. The lowest BCUT2D eigenvalue weighted by atomic mass is 10.2. The van der Waals surface area contributed by atoms with Crippen molar-refractivity contribution in [3.05, 3.63) is 46.4 Å². The molecule has 1 N–H and O–H groups in total. The highest BCUT2D eigenvalue weighted by Gasteiger charge is 2.33. The van der Waals surface area contributed by atoms with E-state index in [1.54, 1.807) is 36.9 Å². The molecule has 1 unspecified atom stereocenters. The van der Waals surface area contributed by atoms with Gasteiger partial charge in [-0.1, -0.05) is 11.6 Å². The Balaban J connectivity index is 1.34. The van der Waals surface area contributed by atoms with Crippen LogP contribution in [0.3, 0.4) is 0 Å². The van der Waals surface area contributed by atoms with Crippen molar-refractivity contribution in [2.75, 3.05) is 23.9 Å². The van der Waals surface area contributed by atoms with Gasteiger partial charge in [-0.15, -0.1) is 22.7 Å². The lowest BCUT2D eigenvalue weighted by molar-refractivity contribution is -0.117. The van der Waals surface area contributed by atoms with Crippen LogP contribution >= 0.6 is 34.3 Å². The van der Waals surface area contributed by atoms with Crippen LogP contribution in [0.2, 0.25) is 5.02 Å². The van der Waals surface area contributed by atoms with E-state index in [9.17, 15) is 4.79 Å². The summed E-state index contributed by atoms with van der Waals surface area (Å²) in [6, 6.07) is 7.22. The first kappa shape index (κ1) is 20.2. The van der Waals surface area contributed by atoms with Crippen LogP contribution in [0.15, 0.2) is 41.4 Å². The molecular formula is C21H18ClN5O2S2. The average molecular weight is 472 g/mol. The largest absolute Gasteiger partial charge is 0.495 e. The van der Waals surface area contributed by atoms with E-state index in [2.05, 4.69) is 25.2 Å². The average Bonchev–Trinajstić information content (AvgIpc) is 3.53. The molecule has 3 aromatic heterocycles. The lowest BCUT2D eigenvalue weighted by Crippen LogP contribution is -2.40. The van der Waals surface area contributed by atoms with Gasteiger partial charge in [0, 0.05) is 17.5 Å². The van der Waals surface area contributed by atoms with E-state index in [0.717, 1.165) is 46.7 Å². The monoisotopic (exact) mass is 471 g/mol. The van der Waals surface area contributed by atoms with Crippen molar-refractivity contribution < 1.29 is 9.53 Å². The zero-order valence-corrected chi connectivity index (χ0v) is 18.9. The second kappa shape index (κ2) is 8.41. The number of rotatable bonds is 5. The van der Waals surface area contributed by atoms with E-state index in [1.165, 1.54) is 11.3 Å². The number of hydrogen-bond donors (Lipinski definition) is 1. The summed E-state index contributed by atoms with van der Waals surface area (Å²) in [5, 5.41) is 8.94. The van der Waals surface area contributed by atoms with E-state index < -0.39 is 0 Å². The van der Waals surface area contributed by atoms with Gasteiger partial charge in [-0.25, -0.2) is 15.0 Å². The molecule has 10 heteroatoms. The minimum absolute atomic E-state index is 0.0758. The second-order valence-electron chi connectivity index (χ2n) is 7.06. The molecule has 5 rings (SSSR count). The highest BCUT2D eigenvalue weighted by Crippen LogP contribution is 2.34. The van der Waals surface area contributed by atoms with Gasteiger partial charge in [-0.05, 0) is 42.5 Å². The van der Waals surface area contributed by atoms with Gasteiger partial charge in [0.05, 0.1) is 23.2 Å². The number of anilines is 2. The summed E-state index contributed by atoms with van der Waals surface area (Å²) >= 11 is 9.19. The third kappa shape index (κ3) is 3.84. The number of ether oxygens (including phenoxy) is 1. The molecule has 1 fully saturated rings. The summed E-state index contributed by atoms with van der Waals surface area (Å²) in [5.74, 6) is 1.35. The molecule has 1 saturated heterocycles. The minimum atomic E-state index is -0.291. The summed E-state index contributed by atoms with van der Waals surface area (Å²) in [6.45, 7) is 0.785. The number of halogens is 1. The van der Waals surface area contributed by atoms with Crippen LogP contribution in [-0.4, -0.2) is 40.6 Å². The van der Waals surface area contributed by atoms with Gasteiger partial charge in [0.25, 0.3) is 0 Å². The topological polar surface area (TPSA) is 80.2 Å². The molecule has 1 atom stereocenters. The highest BCUT2D eigenvalue weighted by atomic mass is 35.5. The van der Waals surface area contributed by atoms with Crippen molar-refractivity contribution in [2.45, 2.75) is 18.9 Å². The molecule has 7 nitrogen and oxygen atoms in total. The summed E-state index contributed by atoms with van der Waals surface area (Å²) in [7, 11) is 1.58. The number of amides is 1. The van der Waals surface area contributed by atoms with Gasteiger partial charge >= 0.3 is 0 Å². The minimum Gasteiger partial charge on any atom is -0.495 e. The molecule has 31 heavy (non-hydrogen) atoms. The molecule has 4 heterocycles. The van der Waals surface area contributed by atoms with Crippen LogP contribution in [0.5, 0.6) is 5.75 Å². The van der Waals surface area contributed by atoms with E-state index in [1.807, 2.05) is 22.9 Å². The number of aromatic nitrogens is 3. The number of carbonyl (C=O) groups excluding carboxylic acids is 1. The molecule has 0 radical (unpaired) electrons. The third-order valence-electron chi connectivity index (χ3n) is 5.25. The Labute approximate surface area is 191 Å². The first-order valence-electron chi connectivity index (χ1n) is 9.69. The third-order valence-corrected chi connectivity index (χ3v) is 7.12. The number of nitrogens with one attached hydrogen (secondary N) is 1. The second-order valence-corrected chi connectivity index (χ2v) is 9.22. The number of thiophene rings is 1. The number of nitrogens with zero attached hydrogens (tertiary/aromatic N) is 4. The zero-order valence-electron chi connectivity index (χ0n) is 16.5. The highest BCUT2D eigenvalue weighted by molar-refractivity contribution is 7.16. The Bertz CT molecular complexity index is 1260. The van der Waals surface area contributed by atoms with Gasteiger partial charge in [0.2, 0.25) is 5.91 Å². The van der Waals surface area contributed by atoms with Crippen LogP contribution < -0.4 is 15.0 Å². The van der Waals surface area contributed by atoms with E-state index in [4.69, 9.17) is 16.3 Å². The summed E-state index contributed by atoms with van der Waals surface area (Å²) in [4.78, 5) is 29.5. The standard InChI is InChI=1S/C21H18ClN5O2S2/c1-29-17-5-4-12(9-14(17)22)15-10-31-21(25-15)26-19(28)16-3-2-7-27(16)18-13-6-8-30-20(13)24-11-23-18/h4-6,8-11,16H,2-3,7H2,1H3,(H,25,26,28). The Kier molecular flexibility index (Phi) is 5.47. The molecule has 1 amide bonds. The maximum atomic E-state index is 13.1. The molecule has 158 valence electrons. The molecule has 1 aromatic carbocycles. The molecule has 1 aliphatic rings. The maximum absolute atomic E-state index is 13.1. The van der Waals surface area contributed by atoms with E-state index in [0.29, 0.717) is 15.9 Å². The van der Waals surface area contributed by atoms with Crippen molar-refractivity contribution in [1.82, 2.24) is 15.0 Å². The Morgan fingerprint density at radius 1 is 1.29 bits per heavy atom. The van der Waals surface area contributed by atoms with Gasteiger partial charge in [0.1, 0.15) is 28.8 Å². The number of fused-ring (bicyclic) bond motifs is 1. The fraction of sp³-hybridized carbons (Fsp3) is 0.238. The number of hydrogen-bond acceptors (Lipinski definition) is 8. The summed E-state index contributed by atoms with van der Waals surface area (Å²) in [6.07, 6.45) is 3.27.